The Morgan fingerprint density at radius 2 is 1.64 bits per heavy atom. The van der Waals surface area contributed by atoms with Crippen LogP contribution in [0, 0.1) is 6.92 Å². The monoisotopic (exact) mass is 224 g/mol. The molecule has 1 aromatic carbocycles. The van der Waals surface area contributed by atoms with Crippen molar-refractivity contribution in [1.82, 2.24) is 0 Å². The van der Waals surface area contributed by atoms with Gasteiger partial charge in [0.25, 0.3) is 0 Å². The molecule has 0 spiro atoms. The van der Waals surface area contributed by atoms with Gasteiger partial charge >= 0.3 is 23.1 Å². The lowest BCUT2D eigenvalue weighted by Crippen LogP contribution is -1.82. The normalized spacial score (nSPS) is 11.9. The molecule has 1 rings (SSSR count). The number of hydrogen-bond donors (Lipinski definition) is 0. The summed E-state index contributed by atoms with van der Waals surface area (Å²) in [5, 5.41) is 0. The van der Waals surface area contributed by atoms with E-state index in [1.54, 1.807) is 0 Å². The summed E-state index contributed by atoms with van der Waals surface area (Å²) < 4.78 is 0. The van der Waals surface area contributed by atoms with Crippen LogP contribution < -0.4 is 0 Å². The molecule has 0 N–H and O–H groups in total. The van der Waals surface area contributed by atoms with Crippen LogP contribution in [0.1, 0.15) is 22.9 Å². The molecule has 0 radical (unpaired) electrons. The maximum atomic E-state index is 3.51. The largest absolute Gasteiger partial charge is 0.316 e. The fourth-order valence-electron chi connectivity index (χ4n) is 0.832. The molecule has 0 saturated carbocycles. The number of hydrogen-bond acceptors (Lipinski definition) is 0. The molecule has 0 fully saturated rings. The van der Waals surface area contributed by atoms with Crippen molar-refractivity contribution in [1.29, 1.82) is 0 Å². The van der Waals surface area contributed by atoms with E-state index in [4.69, 9.17) is 0 Å². The van der Waals surface area contributed by atoms with Crippen LogP contribution in [-0.2, 0) is 0 Å². The van der Waals surface area contributed by atoms with Crippen LogP contribution in [-0.4, -0.2) is 23.1 Å². The Labute approximate surface area is 92.7 Å². The molecule has 0 bridgehead atoms. The molecular weight excluding hydrogens is 212 g/mol. The number of aryl methyl sites for hydroxylation is 1. The zero-order valence-electron chi connectivity index (χ0n) is 6.26. The zero-order valence-corrected chi connectivity index (χ0v) is 7.85. The minimum absolute atomic E-state index is 0. The Bertz CT molecular complexity index is 203. The molecule has 0 heterocycles. The van der Waals surface area contributed by atoms with Gasteiger partial charge in [-0.15, -0.1) is 0 Å². The molecule has 1 atom stereocenters. The van der Waals surface area contributed by atoms with Gasteiger partial charge in [0, 0.05) is 4.83 Å². The first kappa shape index (κ1) is 11.5. The van der Waals surface area contributed by atoms with Gasteiger partial charge in [0.2, 0.25) is 0 Å². The van der Waals surface area contributed by atoms with Crippen LogP contribution >= 0.6 is 15.9 Å². The van der Waals surface area contributed by atoms with Crippen molar-refractivity contribution < 1.29 is 0 Å². The zero-order chi connectivity index (χ0) is 7.56. The SMILES string of the molecule is Cc1ccc(C(C)Br)cc1.[MgH2]. The highest BCUT2D eigenvalue weighted by atomic mass is 79.9. The number of halogens is 1. The molecule has 1 aromatic rings. The van der Waals surface area contributed by atoms with E-state index in [2.05, 4.69) is 54.0 Å². The van der Waals surface area contributed by atoms with Gasteiger partial charge < -0.3 is 0 Å². The Kier molecular flexibility index (Phi) is 5.39. The van der Waals surface area contributed by atoms with Gasteiger partial charge in [-0.2, -0.15) is 0 Å². The van der Waals surface area contributed by atoms with Gasteiger partial charge in [0.05, 0.1) is 0 Å². The third-order valence-electron chi connectivity index (χ3n) is 1.54. The standard InChI is InChI=1S/C9H11Br.Mg.2H/c1-7-3-5-9(6-4-7)8(2)10;;;/h3-6,8H,1-2H3;;;. The third kappa shape index (κ3) is 3.58. The Morgan fingerprint density at radius 3 is 2.00 bits per heavy atom. The first-order valence-corrected chi connectivity index (χ1v) is 4.32. The van der Waals surface area contributed by atoms with Crippen molar-refractivity contribution in [3.05, 3.63) is 35.4 Å². The highest BCUT2D eigenvalue weighted by Gasteiger charge is 1.97. The van der Waals surface area contributed by atoms with Crippen LogP contribution in [0.25, 0.3) is 0 Å². The summed E-state index contributed by atoms with van der Waals surface area (Å²) in [5.41, 5.74) is 2.66. The average molecular weight is 225 g/mol. The fraction of sp³-hybridized carbons (Fsp3) is 0.333. The number of benzene rings is 1. The van der Waals surface area contributed by atoms with E-state index >= 15 is 0 Å². The van der Waals surface area contributed by atoms with E-state index in [0.717, 1.165) is 0 Å². The van der Waals surface area contributed by atoms with E-state index in [0.29, 0.717) is 4.83 Å². The maximum Gasteiger partial charge on any atom is 0.316 e. The van der Waals surface area contributed by atoms with Crippen molar-refractivity contribution >= 4 is 39.0 Å². The summed E-state index contributed by atoms with van der Waals surface area (Å²) in [7, 11) is 0. The highest BCUT2D eigenvalue weighted by molar-refractivity contribution is 9.09. The predicted octanol–water partition coefficient (Wildman–Crippen LogP) is 2.53. The first-order chi connectivity index (χ1) is 4.70. The molecule has 58 valence electrons. The second-order valence-corrected chi connectivity index (χ2v) is 3.90. The lowest BCUT2D eigenvalue weighted by molar-refractivity contribution is 1.12. The van der Waals surface area contributed by atoms with Crippen LogP contribution in [0.15, 0.2) is 24.3 Å². The van der Waals surface area contributed by atoms with Crippen LogP contribution in [0.5, 0.6) is 0 Å². The fourth-order valence-corrected chi connectivity index (χ4v) is 1.14. The van der Waals surface area contributed by atoms with E-state index in [1.807, 2.05) is 0 Å². The molecular formula is C9H13BrMg. The van der Waals surface area contributed by atoms with Crippen LogP contribution in [0.3, 0.4) is 0 Å². The molecule has 0 aromatic heterocycles. The molecule has 2 heteroatoms. The molecule has 11 heavy (non-hydrogen) atoms. The van der Waals surface area contributed by atoms with Gasteiger partial charge in [0.15, 0.2) is 0 Å². The average Bonchev–Trinajstić information content (AvgIpc) is 1.88. The Morgan fingerprint density at radius 1 is 1.18 bits per heavy atom. The highest BCUT2D eigenvalue weighted by Crippen LogP contribution is 2.21. The topological polar surface area (TPSA) is 0 Å². The van der Waals surface area contributed by atoms with E-state index in [1.165, 1.54) is 11.1 Å². The number of alkyl halides is 1. The summed E-state index contributed by atoms with van der Waals surface area (Å²) in [6.07, 6.45) is 0. The van der Waals surface area contributed by atoms with Crippen molar-refractivity contribution in [2.75, 3.05) is 0 Å². The van der Waals surface area contributed by atoms with Crippen molar-refractivity contribution in [3.63, 3.8) is 0 Å². The van der Waals surface area contributed by atoms with Gasteiger partial charge in [-0.05, 0) is 19.4 Å². The lowest BCUT2D eigenvalue weighted by Gasteiger charge is -2.02. The van der Waals surface area contributed by atoms with Crippen LogP contribution in [0.2, 0.25) is 0 Å². The van der Waals surface area contributed by atoms with E-state index in [-0.39, 0.29) is 23.1 Å². The second-order valence-electron chi connectivity index (χ2n) is 2.53. The summed E-state index contributed by atoms with van der Waals surface area (Å²) >= 11 is 3.51. The van der Waals surface area contributed by atoms with Crippen LogP contribution in [0.4, 0.5) is 0 Å². The minimum atomic E-state index is 0. The Balaban J connectivity index is 0.000001000. The summed E-state index contributed by atoms with van der Waals surface area (Å²) in [5.74, 6) is 0. The molecule has 0 aliphatic heterocycles. The quantitative estimate of drug-likeness (QED) is 0.509. The molecule has 0 amide bonds. The van der Waals surface area contributed by atoms with Crippen molar-refractivity contribution in [2.45, 2.75) is 18.7 Å². The van der Waals surface area contributed by atoms with Gasteiger partial charge in [-0.25, -0.2) is 0 Å². The molecule has 1 unspecified atom stereocenters. The molecule has 0 aliphatic rings. The van der Waals surface area contributed by atoms with Gasteiger partial charge in [-0.3, -0.25) is 0 Å². The second kappa shape index (κ2) is 5.17. The Hall–Kier alpha value is 0.466. The summed E-state index contributed by atoms with van der Waals surface area (Å²) in [4.78, 5) is 0.466. The number of rotatable bonds is 1. The summed E-state index contributed by atoms with van der Waals surface area (Å²) in [6, 6.07) is 8.56. The first-order valence-electron chi connectivity index (χ1n) is 3.41. The lowest BCUT2D eigenvalue weighted by atomic mass is 10.1. The minimum Gasteiger partial charge on any atom is -0.0842 e. The van der Waals surface area contributed by atoms with E-state index in [9.17, 15) is 0 Å². The van der Waals surface area contributed by atoms with Gasteiger partial charge in [0.1, 0.15) is 0 Å². The smallest absolute Gasteiger partial charge is 0.0842 e. The summed E-state index contributed by atoms with van der Waals surface area (Å²) in [6.45, 7) is 4.23. The van der Waals surface area contributed by atoms with E-state index < -0.39 is 0 Å². The molecule has 0 saturated heterocycles. The third-order valence-corrected chi connectivity index (χ3v) is 2.07. The predicted molar refractivity (Wildman–Crippen MR) is 57.1 cm³/mol. The van der Waals surface area contributed by atoms with Crippen molar-refractivity contribution in [2.24, 2.45) is 0 Å². The molecule has 0 nitrogen and oxygen atoms in total. The van der Waals surface area contributed by atoms with Crippen molar-refractivity contribution in [3.8, 4) is 0 Å². The maximum absolute atomic E-state index is 3.51. The molecule has 0 aliphatic carbocycles. The van der Waals surface area contributed by atoms with Gasteiger partial charge in [-0.1, -0.05) is 45.8 Å².